The van der Waals surface area contributed by atoms with Gasteiger partial charge in [0.2, 0.25) is 5.91 Å². The molecule has 1 amide bonds. The molecule has 0 aliphatic heterocycles. The first-order valence-corrected chi connectivity index (χ1v) is 6.21. The number of halogens is 2. The summed E-state index contributed by atoms with van der Waals surface area (Å²) in [5.74, 6) is -0.332. The zero-order chi connectivity index (χ0) is 14.3. The first-order chi connectivity index (χ1) is 9.04. The lowest BCUT2D eigenvalue weighted by Gasteiger charge is -2.08. The Kier molecular flexibility index (Phi) is 6.41. The van der Waals surface area contributed by atoms with Crippen molar-refractivity contribution in [3.63, 3.8) is 0 Å². The van der Waals surface area contributed by atoms with E-state index < -0.39 is 6.43 Å². The van der Waals surface area contributed by atoms with E-state index in [0.29, 0.717) is 31.9 Å². The van der Waals surface area contributed by atoms with Crippen molar-refractivity contribution in [1.29, 1.82) is 0 Å². The van der Waals surface area contributed by atoms with Gasteiger partial charge in [-0.3, -0.25) is 9.48 Å². The molecule has 19 heavy (non-hydrogen) atoms. The van der Waals surface area contributed by atoms with Crippen LogP contribution in [0.4, 0.5) is 8.78 Å². The smallest absolute Gasteiger partial charge is 0.280 e. The fourth-order valence-electron chi connectivity index (χ4n) is 1.61. The third-order valence-electron chi connectivity index (χ3n) is 2.44. The molecule has 5 nitrogen and oxygen atoms in total. The van der Waals surface area contributed by atoms with Gasteiger partial charge >= 0.3 is 0 Å². The minimum absolute atomic E-state index is 0.192. The Morgan fingerprint density at radius 1 is 1.58 bits per heavy atom. The Hall–Kier alpha value is -1.50. The van der Waals surface area contributed by atoms with Gasteiger partial charge in [0.05, 0.1) is 5.69 Å². The van der Waals surface area contributed by atoms with Gasteiger partial charge in [0.15, 0.2) is 0 Å². The monoisotopic (exact) mass is 275 g/mol. The summed E-state index contributed by atoms with van der Waals surface area (Å²) in [5, 5.41) is 6.52. The molecule has 1 heterocycles. The maximum Gasteiger partial charge on any atom is 0.280 e. The van der Waals surface area contributed by atoms with Crippen LogP contribution in [0.2, 0.25) is 0 Å². The Balaban J connectivity index is 2.40. The van der Waals surface area contributed by atoms with Crippen LogP contribution in [0.25, 0.3) is 0 Å². The molecule has 108 valence electrons. The molecule has 0 atom stereocenters. The van der Waals surface area contributed by atoms with Crippen molar-refractivity contribution in [2.75, 3.05) is 19.8 Å². The number of ether oxygens (including phenoxy) is 1. The zero-order valence-corrected chi connectivity index (χ0v) is 11.2. The fourth-order valence-corrected chi connectivity index (χ4v) is 1.61. The normalized spacial score (nSPS) is 11.0. The number of carbonyl (C=O) groups excluding carboxylic acids is 1. The Morgan fingerprint density at radius 2 is 2.32 bits per heavy atom. The molecular weight excluding hydrogens is 256 g/mol. The molecule has 1 rings (SSSR count). The summed E-state index contributed by atoms with van der Waals surface area (Å²) in [6.07, 6.45) is -1.94. The molecule has 0 unspecified atom stereocenters. The van der Waals surface area contributed by atoms with E-state index in [9.17, 15) is 13.6 Å². The topological polar surface area (TPSA) is 56.1 Å². The first kappa shape index (κ1) is 15.6. The largest absolute Gasteiger partial charge is 0.382 e. The summed E-state index contributed by atoms with van der Waals surface area (Å²) in [5.41, 5.74) is 0.237. The molecule has 1 aromatic heterocycles. The average Bonchev–Trinajstić information content (AvgIpc) is 2.70. The van der Waals surface area contributed by atoms with E-state index in [1.54, 1.807) is 6.92 Å². The van der Waals surface area contributed by atoms with E-state index in [0.717, 1.165) is 4.68 Å². The van der Waals surface area contributed by atoms with Gasteiger partial charge in [-0.15, -0.1) is 0 Å². The summed E-state index contributed by atoms with van der Waals surface area (Å²) in [6.45, 7) is 4.98. The fraction of sp³-hybridized carbons (Fsp3) is 0.667. The molecule has 7 heteroatoms. The summed E-state index contributed by atoms with van der Waals surface area (Å²) in [6, 6.07) is 1.28. The molecule has 0 spiro atoms. The van der Waals surface area contributed by atoms with Crippen LogP contribution in [0, 0.1) is 6.92 Å². The van der Waals surface area contributed by atoms with E-state index in [1.165, 1.54) is 6.07 Å². The van der Waals surface area contributed by atoms with Crippen molar-refractivity contribution >= 4 is 5.91 Å². The highest BCUT2D eigenvalue weighted by Crippen LogP contribution is 2.19. The maximum absolute atomic E-state index is 12.7. The highest BCUT2D eigenvalue weighted by molar-refractivity contribution is 5.75. The van der Waals surface area contributed by atoms with Gasteiger partial charge in [0.1, 0.15) is 12.2 Å². The number of hydrogen-bond acceptors (Lipinski definition) is 3. The van der Waals surface area contributed by atoms with Gasteiger partial charge in [-0.25, -0.2) is 8.78 Å². The van der Waals surface area contributed by atoms with Crippen LogP contribution in [0.3, 0.4) is 0 Å². The molecular formula is C12H19F2N3O2. The van der Waals surface area contributed by atoms with Gasteiger partial charge in [-0.2, -0.15) is 5.10 Å². The minimum atomic E-state index is -2.63. The number of hydrogen-bond donors (Lipinski definition) is 1. The number of aromatic nitrogens is 2. The Bertz CT molecular complexity index is 408. The number of carbonyl (C=O) groups is 1. The number of aryl methyl sites for hydroxylation is 1. The molecule has 0 aliphatic carbocycles. The molecule has 0 radical (unpaired) electrons. The summed E-state index contributed by atoms with van der Waals surface area (Å²) in [4.78, 5) is 11.6. The third-order valence-corrected chi connectivity index (χ3v) is 2.44. The molecule has 0 saturated heterocycles. The highest BCUT2D eigenvalue weighted by atomic mass is 19.3. The number of alkyl halides is 2. The maximum atomic E-state index is 12.7. The number of nitrogens with zero attached hydrogens (tertiary/aromatic N) is 2. The molecule has 1 aromatic rings. The molecule has 0 saturated carbocycles. The number of amides is 1. The Morgan fingerprint density at radius 3 is 2.95 bits per heavy atom. The van der Waals surface area contributed by atoms with Gasteiger partial charge in [-0.05, 0) is 26.3 Å². The lowest BCUT2D eigenvalue weighted by Crippen LogP contribution is -2.30. The number of nitrogens with one attached hydrogen (secondary N) is 1. The lowest BCUT2D eigenvalue weighted by molar-refractivity contribution is -0.122. The van der Waals surface area contributed by atoms with Crippen LogP contribution >= 0.6 is 0 Å². The van der Waals surface area contributed by atoms with Crippen LogP contribution in [-0.2, 0) is 16.1 Å². The summed E-state index contributed by atoms with van der Waals surface area (Å²) >= 11 is 0. The second-order valence-corrected chi connectivity index (χ2v) is 4.07. The van der Waals surface area contributed by atoms with Crippen LogP contribution in [0.1, 0.15) is 31.2 Å². The van der Waals surface area contributed by atoms with Crippen LogP contribution < -0.4 is 5.32 Å². The van der Waals surface area contributed by atoms with E-state index in [-0.39, 0.29) is 18.1 Å². The van der Waals surface area contributed by atoms with Crippen molar-refractivity contribution in [1.82, 2.24) is 15.1 Å². The Labute approximate surface area is 110 Å². The molecule has 0 aromatic carbocycles. The molecule has 0 aliphatic rings. The second-order valence-electron chi connectivity index (χ2n) is 4.07. The van der Waals surface area contributed by atoms with E-state index in [4.69, 9.17) is 4.74 Å². The van der Waals surface area contributed by atoms with Gasteiger partial charge < -0.3 is 10.1 Å². The third kappa shape index (κ3) is 5.34. The number of rotatable bonds is 8. The van der Waals surface area contributed by atoms with Gasteiger partial charge in [0.25, 0.3) is 6.43 Å². The molecule has 0 bridgehead atoms. The summed E-state index contributed by atoms with van der Waals surface area (Å²) in [7, 11) is 0. The van der Waals surface area contributed by atoms with Gasteiger partial charge in [-0.1, -0.05) is 0 Å². The highest BCUT2D eigenvalue weighted by Gasteiger charge is 2.16. The SMILES string of the molecule is CCOCCCNC(=O)Cn1nc(C)cc1C(F)F. The summed E-state index contributed by atoms with van der Waals surface area (Å²) < 4.78 is 31.5. The minimum Gasteiger partial charge on any atom is -0.382 e. The van der Waals surface area contributed by atoms with Crippen molar-refractivity contribution in [2.45, 2.75) is 33.2 Å². The van der Waals surface area contributed by atoms with Crippen LogP contribution in [-0.4, -0.2) is 35.4 Å². The first-order valence-electron chi connectivity index (χ1n) is 6.21. The zero-order valence-electron chi connectivity index (χ0n) is 11.2. The molecule has 0 fully saturated rings. The van der Waals surface area contributed by atoms with Crippen molar-refractivity contribution in [3.05, 3.63) is 17.5 Å². The quantitative estimate of drug-likeness (QED) is 0.734. The molecule has 1 N–H and O–H groups in total. The standard InChI is InChI=1S/C12H19F2N3O2/c1-3-19-6-4-5-15-11(18)8-17-10(12(13)14)7-9(2)16-17/h7,12H,3-6,8H2,1-2H3,(H,15,18). The van der Waals surface area contributed by atoms with Crippen molar-refractivity contribution in [3.8, 4) is 0 Å². The van der Waals surface area contributed by atoms with Crippen LogP contribution in [0.5, 0.6) is 0 Å². The van der Waals surface area contributed by atoms with E-state index >= 15 is 0 Å². The second kappa shape index (κ2) is 7.83. The van der Waals surface area contributed by atoms with E-state index in [1.807, 2.05) is 6.92 Å². The van der Waals surface area contributed by atoms with Crippen LogP contribution in [0.15, 0.2) is 6.07 Å². The lowest BCUT2D eigenvalue weighted by atomic mass is 10.4. The predicted molar refractivity (Wildman–Crippen MR) is 66.0 cm³/mol. The van der Waals surface area contributed by atoms with Crippen molar-refractivity contribution in [2.24, 2.45) is 0 Å². The predicted octanol–water partition coefficient (Wildman–Crippen LogP) is 1.67. The van der Waals surface area contributed by atoms with E-state index in [2.05, 4.69) is 10.4 Å². The van der Waals surface area contributed by atoms with Gasteiger partial charge in [0, 0.05) is 19.8 Å². The van der Waals surface area contributed by atoms with Crippen molar-refractivity contribution < 1.29 is 18.3 Å². The average molecular weight is 275 g/mol.